The molecule has 2 heterocycles. The van der Waals surface area contributed by atoms with Gasteiger partial charge in [0.25, 0.3) is 0 Å². The number of amides is 1. The third-order valence-corrected chi connectivity index (χ3v) is 3.70. The van der Waals surface area contributed by atoms with E-state index in [4.69, 9.17) is 0 Å². The number of benzene rings is 1. The molecule has 0 saturated heterocycles. The Balaban J connectivity index is 1.61. The minimum atomic E-state index is -0.423. The van der Waals surface area contributed by atoms with Gasteiger partial charge in [-0.15, -0.1) is 0 Å². The van der Waals surface area contributed by atoms with Crippen LogP contribution in [0.2, 0.25) is 0 Å². The van der Waals surface area contributed by atoms with Gasteiger partial charge in [-0.2, -0.15) is 10.2 Å². The van der Waals surface area contributed by atoms with Crippen LogP contribution in [0.25, 0.3) is 5.69 Å². The van der Waals surface area contributed by atoms with Gasteiger partial charge in [-0.1, -0.05) is 12.1 Å². The molecule has 2 aromatic heterocycles. The Labute approximate surface area is 139 Å². The van der Waals surface area contributed by atoms with E-state index in [1.54, 1.807) is 28.9 Å². The molecule has 0 fully saturated rings. The molecule has 24 heavy (non-hydrogen) atoms. The molecule has 1 unspecified atom stereocenters. The Morgan fingerprint density at radius 3 is 2.62 bits per heavy atom. The molecule has 1 amide bonds. The lowest BCUT2D eigenvalue weighted by Gasteiger charge is -2.14. The summed E-state index contributed by atoms with van der Waals surface area (Å²) < 4.78 is 3.36. The third-order valence-electron chi connectivity index (χ3n) is 3.70. The molecule has 8 heteroatoms. The summed E-state index contributed by atoms with van der Waals surface area (Å²) in [6.07, 6.45) is 6.65. The number of aromatic nitrogens is 5. The largest absolute Gasteiger partial charge is 0.350 e. The van der Waals surface area contributed by atoms with Crippen molar-refractivity contribution < 1.29 is 4.79 Å². The van der Waals surface area contributed by atoms with Crippen LogP contribution in [0.3, 0.4) is 0 Å². The van der Waals surface area contributed by atoms with E-state index >= 15 is 0 Å². The molecule has 1 atom stereocenters. The van der Waals surface area contributed by atoms with E-state index in [-0.39, 0.29) is 5.91 Å². The van der Waals surface area contributed by atoms with Gasteiger partial charge in [0.15, 0.2) is 0 Å². The third kappa shape index (κ3) is 3.49. The molecular weight excluding hydrogens is 306 g/mol. The lowest BCUT2D eigenvalue weighted by atomic mass is 10.1. The molecular formula is C16H19N7O. The van der Waals surface area contributed by atoms with Crippen molar-refractivity contribution in [3.05, 3.63) is 60.4 Å². The van der Waals surface area contributed by atoms with Crippen LogP contribution in [0.5, 0.6) is 0 Å². The SMILES string of the molecule is CNC(C(=O)NCc1ccc(-n2cncn2)cc1)c1cnn(C)c1. The second-order valence-electron chi connectivity index (χ2n) is 5.39. The lowest BCUT2D eigenvalue weighted by Crippen LogP contribution is -2.35. The van der Waals surface area contributed by atoms with Crippen molar-refractivity contribution in [2.75, 3.05) is 7.05 Å². The highest BCUT2D eigenvalue weighted by molar-refractivity contribution is 5.83. The summed E-state index contributed by atoms with van der Waals surface area (Å²) in [7, 11) is 3.58. The van der Waals surface area contributed by atoms with Crippen LogP contribution in [0.1, 0.15) is 17.2 Å². The zero-order valence-electron chi connectivity index (χ0n) is 13.5. The topological polar surface area (TPSA) is 89.7 Å². The van der Waals surface area contributed by atoms with Crippen molar-refractivity contribution in [3.63, 3.8) is 0 Å². The van der Waals surface area contributed by atoms with Gasteiger partial charge in [0.05, 0.1) is 11.9 Å². The van der Waals surface area contributed by atoms with Gasteiger partial charge in [-0.25, -0.2) is 9.67 Å². The van der Waals surface area contributed by atoms with Gasteiger partial charge in [-0.05, 0) is 24.7 Å². The average molecular weight is 325 g/mol. The monoisotopic (exact) mass is 325 g/mol. The molecule has 8 nitrogen and oxygen atoms in total. The zero-order chi connectivity index (χ0) is 16.9. The van der Waals surface area contributed by atoms with Gasteiger partial charge in [0.1, 0.15) is 18.7 Å². The maximum atomic E-state index is 12.4. The van der Waals surface area contributed by atoms with Crippen molar-refractivity contribution in [2.24, 2.45) is 7.05 Å². The number of hydrogen-bond acceptors (Lipinski definition) is 5. The van der Waals surface area contributed by atoms with Crippen molar-refractivity contribution in [1.29, 1.82) is 0 Å². The first kappa shape index (κ1) is 15.9. The molecule has 1 aromatic carbocycles. The van der Waals surface area contributed by atoms with Crippen molar-refractivity contribution in [2.45, 2.75) is 12.6 Å². The summed E-state index contributed by atoms with van der Waals surface area (Å²) in [5.41, 5.74) is 2.76. The molecule has 0 radical (unpaired) electrons. The van der Waals surface area contributed by atoms with Crippen LogP contribution in [0.4, 0.5) is 0 Å². The van der Waals surface area contributed by atoms with Gasteiger partial charge >= 0.3 is 0 Å². The number of hydrogen-bond donors (Lipinski definition) is 2. The fraction of sp³-hybridized carbons (Fsp3) is 0.250. The summed E-state index contributed by atoms with van der Waals surface area (Å²) >= 11 is 0. The quantitative estimate of drug-likeness (QED) is 0.692. The second-order valence-corrected chi connectivity index (χ2v) is 5.39. The predicted molar refractivity (Wildman–Crippen MR) is 88.2 cm³/mol. The number of nitrogens with one attached hydrogen (secondary N) is 2. The van der Waals surface area contributed by atoms with Crippen molar-refractivity contribution >= 4 is 5.91 Å². The Morgan fingerprint density at radius 1 is 1.25 bits per heavy atom. The fourth-order valence-electron chi connectivity index (χ4n) is 2.44. The highest BCUT2D eigenvalue weighted by Crippen LogP contribution is 2.12. The highest BCUT2D eigenvalue weighted by atomic mass is 16.2. The lowest BCUT2D eigenvalue weighted by molar-refractivity contribution is -0.123. The van der Waals surface area contributed by atoms with Gasteiger partial charge in [0, 0.05) is 25.4 Å². The number of carbonyl (C=O) groups is 1. The van der Waals surface area contributed by atoms with Gasteiger partial charge in [-0.3, -0.25) is 9.48 Å². The minimum Gasteiger partial charge on any atom is -0.350 e. The van der Waals surface area contributed by atoms with Crippen LogP contribution in [0, 0.1) is 0 Å². The van der Waals surface area contributed by atoms with E-state index in [9.17, 15) is 4.79 Å². The molecule has 0 spiro atoms. The van der Waals surface area contributed by atoms with Crippen LogP contribution in [0.15, 0.2) is 49.3 Å². The first-order valence-electron chi connectivity index (χ1n) is 7.55. The Hall–Kier alpha value is -3.00. The number of nitrogens with zero attached hydrogens (tertiary/aromatic N) is 5. The molecule has 0 bridgehead atoms. The van der Waals surface area contributed by atoms with Gasteiger partial charge in [0.2, 0.25) is 5.91 Å². The fourth-order valence-corrected chi connectivity index (χ4v) is 2.44. The Kier molecular flexibility index (Phi) is 4.66. The number of rotatable bonds is 6. The summed E-state index contributed by atoms with van der Waals surface area (Å²) in [6.45, 7) is 0.453. The minimum absolute atomic E-state index is 0.0918. The van der Waals surface area contributed by atoms with Gasteiger partial charge < -0.3 is 10.6 Å². The number of likely N-dealkylation sites (N-methyl/N-ethyl adjacent to an activating group) is 1. The van der Waals surface area contributed by atoms with Crippen molar-refractivity contribution in [3.8, 4) is 5.69 Å². The molecule has 124 valence electrons. The standard InChI is InChI=1S/C16H19N7O/c1-17-15(13-8-20-22(2)9-13)16(24)19-7-12-3-5-14(6-4-12)23-11-18-10-21-23/h3-6,8-11,15,17H,7H2,1-2H3,(H,19,24). The first-order chi connectivity index (χ1) is 11.7. The highest BCUT2D eigenvalue weighted by Gasteiger charge is 2.19. The molecule has 2 N–H and O–H groups in total. The number of carbonyl (C=O) groups excluding carboxylic acids is 1. The maximum Gasteiger partial charge on any atom is 0.242 e. The Morgan fingerprint density at radius 2 is 2.04 bits per heavy atom. The molecule has 0 aliphatic rings. The van der Waals surface area contributed by atoms with Crippen molar-refractivity contribution in [1.82, 2.24) is 35.2 Å². The average Bonchev–Trinajstić information content (AvgIpc) is 3.26. The molecule has 3 rings (SSSR count). The smallest absolute Gasteiger partial charge is 0.242 e. The normalized spacial score (nSPS) is 12.1. The molecule has 0 saturated carbocycles. The molecule has 3 aromatic rings. The van der Waals surface area contributed by atoms with E-state index in [0.717, 1.165) is 16.8 Å². The Bertz CT molecular complexity index is 792. The summed E-state index contributed by atoms with van der Waals surface area (Å²) in [5.74, 6) is -0.0918. The van der Waals surface area contributed by atoms with E-state index < -0.39 is 6.04 Å². The van der Waals surface area contributed by atoms with Crippen LogP contribution >= 0.6 is 0 Å². The van der Waals surface area contributed by atoms with E-state index in [0.29, 0.717) is 6.54 Å². The van der Waals surface area contributed by atoms with Crippen LogP contribution in [-0.4, -0.2) is 37.5 Å². The first-order valence-corrected chi connectivity index (χ1v) is 7.55. The summed E-state index contributed by atoms with van der Waals surface area (Å²) in [4.78, 5) is 16.3. The van der Waals surface area contributed by atoms with E-state index in [2.05, 4.69) is 25.8 Å². The van der Waals surface area contributed by atoms with E-state index in [1.807, 2.05) is 37.5 Å². The summed E-state index contributed by atoms with van der Waals surface area (Å²) in [6, 6.07) is 7.36. The molecule has 0 aliphatic carbocycles. The number of aryl methyl sites for hydroxylation is 1. The summed E-state index contributed by atoms with van der Waals surface area (Å²) in [5, 5.41) is 14.1. The van der Waals surface area contributed by atoms with Crippen LogP contribution in [-0.2, 0) is 18.4 Å². The maximum absolute atomic E-state index is 12.4. The zero-order valence-corrected chi connectivity index (χ0v) is 13.5. The van der Waals surface area contributed by atoms with E-state index in [1.165, 1.54) is 6.33 Å². The molecule has 0 aliphatic heterocycles. The van der Waals surface area contributed by atoms with Crippen LogP contribution < -0.4 is 10.6 Å². The predicted octanol–water partition coefficient (Wildman–Crippen LogP) is 0.578. The second kappa shape index (κ2) is 7.05.